The third kappa shape index (κ3) is 5.42. The summed E-state index contributed by atoms with van der Waals surface area (Å²) in [5, 5.41) is 17.6. The molecule has 0 saturated heterocycles. The van der Waals surface area contributed by atoms with Gasteiger partial charge in [0, 0.05) is 21.4 Å². The van der Waals surface area contributed by atoms with Gasteiger partial charge in [0.2, 0.25) is 5.60 Å². The minimum absolute atomic E-state index is 0.00932. The molecule has 0 aliphatic heterocycles. The van der Waals surface area contributed by atoms with Crippen molar-refractivity contribution >= 4 is 46.7 Å². The Morgan fingerprint density at radius 3 is 2.28 bits per heavy atom. The average Bonchev–Trinajstić information content (AvgIpc) is 3.22. The van der Waals surface area contributed by atoms with Crippen molar-refractivity contribution < 1.29 is 32.4 Å². The molecule has 12 heteroatoms. The van der Waals surface area contributed by atoms with Crippen LogP contribution in [0.5, 0.6) is 0 Å². The third-order valence-electron chi connectivity index (χ3n) is 4.21. The predicted molar refractivity (Wildman–Crippen MR) is 112 cm³/mol. The number of benzene rings is 2. The van der Waals surface area contributed by atoms with Crippen molar-refractivity contribution in [3.05, 3.63) is 65.4 Å². The fourth-order valence-electron chi connectivity index (χ4n) is 2.31. The SMILES string of the molecule is C[C@@](O)(C(=O)Nc1ccc(Sc2ccc(C(=O)Nc3ccon3)cc2)cc1Cl)C(F)(F)F. The maximum absolute atomic E-state index is 12.8. The van der Waals surface area contributed by atoms with E-state index in [2.05, 4.69) is 15.0 Å². The van der Waals surface area contributed by atoms with Gasteiger partial charge in [0.15, 0.2) is 5.82 Å². The summed E-state index contributed by atoms with van der Waals surface area (Å²) in [5.74, 6) is -1.73. The summed E-state index contributed by atoms with van der Waals surface area (Å²) in [5.41, 5.74) is -3.25. The number of aliphatic hydroxyl groups is 1. The first-order chi connectivity index (χ1) is 15.0. The second-order valence-electron chi connectivity index (χ2n) is 6.63. The third-order valence-corrected chi connectivity index (χ3v) is 5.52. The van der Waals surface area contributed by atoms with Crippen LogP contribution in [0.15, 0.2) is 69.1 Å². The lowest BCUT2D eigenvalue weighted by atomic mass is 10.1. The molecule has 0 bridgehead atoms. The lowest BCUT2D eigenvalue weighted by Gasteiger charge is -2.25. The van der Waals surface area contributed by atoms with Crippen molar-refractivity contribution in [3.8, 4) is 0 Å². The molecule has 0 aliphatic rings. The van der Waals surface area contributed by atoms with Crippen LogP contribution in [0.1, 0.15) is 17.3 Å². The van der Waals surface area contributed by atoms with Crippen LogP contribution in [-0.2, 0) is 4.79 Å². The van der Waals surface area contributed by atoms with Crippen LogP contribution in [0.4, 0.5) is 24.7 Å². The van der Waals surface area contributed by atoms with E-state index in [0.717, 1.165) is 4.90 Å². The summed E-state index contributed by atoms with van der Waals surface area (Å²) < 4.78 is 43.0. The normalized spacial score (nSPS) is 13.3. The van der Waals surface area contributed by atoms with Gasteiger partial charge in [-0.15, -0.1) is 0 Å². The van der Waals surface area contributed by atoms with Gasteiger partial charge in [-0.1, -0.05) is 28.5 Å². The molecule has 3 aromatic rings. The van der Waals surface area contributed by atoms with Crippen LogP contribution in [0, 0.1) is 0 Å². The predicted octanol–water partition coefficient (Wildman–Crippen LogP) is 4.98. The average molecular weight is 486 g/mol. The van der Waals surface area contributed by atoms with Crippen LogP contribution in [0.3, 0.4) is 0 Å². The number of nitrogens with one attached hydrogen (secondary N) is 2. The number of carbonyl (C=O) groups is 2. The van der Waals surface area contributed by atoms with Crippen LogP contribution in [-0.4, -0.2) is 33.9 Å². The van der Waals surface area contributed by atoms with Crippen LogP contribution in [0.2, 0.25) is 5.02 Å². The number of aromatic nitrogens is 1. The molecule has 0 spiro atoms. The molecule has 2 aromatic carbocycles. The topological polar surface area (TPSA) is 104 Å². The van der Waals surface area contributed by atoms with E-state index >= 15 is 0 Å². The van der Waals surface area contributed by atoms with Crippen molar-refractivity contribution in [3.63, 3.8) is 0 Å². The number of anilines is 2. The Bertz CT molecular complexity index is 1120. The highest BCUT2D eigenvalue weighted by molar-refractivity contribution is 7.99. The lowest BCUT2D eigenvalue weighted by Crippen LogP contribution is -2.52. The molecule has 168 valence electrons. The van der Waals surface area contributed by atoms with Crippen molar-refractivity contribution in [2.45, 2.75) is 28.5 Å². The van der Waals surface area contributed by atoms with Crippen LogP contribution >= 0.6 is 23.4 Å². The van der Waals surface area contributed by atoms with E-state index in [4.69, 9.17) is 11.6 Å². The van der Waals surface area contributed by atoms with Crippen LogP contribution < -0.4 is 10.6 Å². The molecule has 0 aliphatic carbocycles. The quantitative estimate of drug-likeness (QED) is 0.454. The van der Waals surface area contributed by atoms with Gasteiger partial charge in [-0.3, -0.25) is 9.59 Å². The first kappa shape index (κ1) is 23.6. The number of alkyl halides is 3. The standard InChI is InChI=1S/C20H15ClF3N3O4S/c1-19(30,20(22,23)24)18(29)25-15-7-6-13(10-14(15)21)32-12-4-2-11(3-5-12)17(28)26-16-8-9-31-27-16/h2-10,30H,1H3,(H,25,29)(H,26,27,28)/t19-/m1/s1. The van der Waals surface area contributed by atoms with E-state index in [1.165, 1.54) is 36.2 Å². The Balaban J connectivity index is 1.65. The summed E-state index contributed by atoms with van der Waals surface area (Å²) in [6.07, 6.45) is -3.81. The molecular formula is C20H15ClF3N3O4S. The molecule has 3 rings (SSSR count). The summed E-state index contributed by atoms with van der Waals surface area (Å²) in [7, 11) is 0. The molecular weight excluding hydrogens is 471 g/mol. The molecule has 2 amide bonds. The van der Waals surface area contributed by atoms with Gasteiger partial charge in [0.05, 0.1) is 10.7 Å². The number of hydrogen-bond acceptors (Lipinski definition) is 6. The summed E-state index contributed by atoms with van der Waals surface area (Å²) >= 11 is 7.36. The molecule has 1 aromatic heterocycles. The molecule has 32 heavy (non-hydrogen) atoms. The number of rotatable bonds is 6. The van der Waals surface area contributed by atoms with Gasteiger partial charge in [0.25, 0.3) is 11.8 Å². The van der Waals surface area contributed by atoms with Gasteiger partial charge in [-0.25, -0.2) is 0 Å². The molecule has 1 atom stereocenters. The second-order valence-corrected chi connectivity index (χ2v) is 8.19. The van der Waals surface area contributed by atoms with Crippen molar-refractivity contribution in [1.29, 1.82) is 0 Å². The highest BCUT2D eigenvalue weighted by atomic mass is 35.5. The first-order valence-corrected chi connectivity index (χ1v) is 10.1. The highest BCUT2D eigenvalue weighted by Gasteiger charge is 2.55. The second kappa shape index (κ2) is 9.23. The van der Waals surface area contributed by atoms with E-state index in [-0.39, 0.29) is 22.4 Å². The zero-order chi connectivity index (χ0) is 23.5. The van der Waals surface area contributed by atoms with E-state index in [1.807, 2.05) is 5.32 Å². The van der Waals surface area contributed by atoms with Gasteiger partial charge in [-0.2, -0.15) is 13.2 Å². The molecule has 1 heterocycles. The first-order valence-electron chi connectivity index (χ1n) is 8.87. The zero-order valence-corrected chi connectivity index (χ0v) is 17.8. The molecule has 3 N–H and O–H groups in total. The largest absolute Gasteiger partial charge is 0.426 e. The number of nitrogens with zero attached hydrogens (tertiary/aromatic N) is 1. The van der Waals surface area contributed by atoms with Crippen molar-refractivity contribution in [1.82, 2.24) is 5.16 Å². The number of hydrogen-bond donors (Lipinski definition) is 3. The Morgan fingerprint density at radius 2 is 1.72 bits per heavy atom. The molecule has 0 saturated carbocycles. The summed E-state index contributed by atoms with van der Waals surface area (Å²) in [6, 6.07) is 12.4. The summed E-state index contributed by atoms with van der Waals surface area (Å²) in [6.45, 7) is 0.357. The van der Waals surface area contributed by atoms with E-state index in [1.54, 1.807) is 30.3 Å². The molecule has 0 fully saturated rings. The van der Waals surface area contributed by atoms with Crippen LogP contribution in [0.25, 0.3) is 0 Å². The monoisotopic (exact) mass is 485 g/mol. The fourth-order valence-corrected chi connectivity index (χ4v) is 3.46. The molecule has 7 nitrogen and oxygen atoms in total. The number of amides is 2. The summed E-state index contributed by atoms with van der Waals surface area (Å²) in [4.78, 5) is 25.3. The van der Waals surface area contributed by atoms with Crippen molar-refractivity contribution in [2.75, 3.05) is 10.6 Å². The number of halogens is 4. The van der Waals surface area contributed by atoms with Gasteiger partial charge >= 0.3 is 6.18 Å². The maximum Gasteiger partial charge on any atom is 0.426 e. The molecule has 0 unspecified atom stereocenters. The van der Waals surface area contributed by atoms with E-state index < -0.39 is 17.7 Å². The Labute approximate surface area is 188 Å². The lowest BCUT2D eigenvalue weighted by molar-refractivity contribution is -0.242. The number of carbonyl (C=O) groups excluding carboxylic acids is 2. The molecule has 0 radical (unpaired) electrons. The van der Waals surface area contributed by atoms with Gasteiger partial charge in [-0.05, 0) is 49.4 Å². The van der Waals surface area contributed by atoms with Crippen molar-refractivity contribution in [2.24, 2.45) is 0 Å². The van der Waals surface area contributed by atoms with Gasteiger partial charge in [0.1, 0.15) is 6.26 Å². The fraction of sp³-hybridized carbons (Fsp3) is 0.150. The smallest absolute Gasteiger partial charge is 0.373 e. The Kier molecular flexibility index (Phi) is 6.82. The highest BCUT2D eigenvalue weighted by Crippen LogP contribution is 2.35. The maximum atomic E-state index is 12.8. The van der Waals surface area contributed by atoms with E-state index in [9.17, 15) is 27.9 Å². The minimum atomic E-state index is -5.14. The Hall–Kier alpha value is -3.02. The minimum Gasteiger partial charge on any atom is -0.373 e. The van der Waals surface area contributed by atoms with E-state index in [0.29, 0.717) is 17.4 Å². The van der Waals surface area contributed by atoms with Gasteiger partial charge < -0.3 is 20.3 Å². The Morgan fingerprint density at radius 1 is 1.06 bits per heavy atom. The zero-order valence-electron chi connectivity index (χ0n) is 16.2.